The largest absolute Gasteiger partial charge is 0.280 e. The number of sulfonamides is 1. The molecule has 3 aromatic rings. The molecule has 1 N–H and O–H groups in total. The summed E-state index contributed by atoms with van der Waals surface area (Å²) in [4.78, 5) is 4.22. The van der Waals surface area contributed by atoms with Gasteiger partial charge in [-0.05, 0) is 54.4 Å². The van der Waals surface area contributed by atoms with Gasteiger partial charge in [0.15, 0.2) is 0 Å². The van der Waals surface area contributed by atoms with Crippen LogP contribution in [0.4, 0.5) is 5.69 Å². The Kier molecular flexibility index (Phi) is 4.95. The highest BCUT2D eigenvalue weighted by Crippen LogP contribution is 2.19. The maximum absolute atomic E-state index is 12.5. The Morgan fingerprint density at radius 1 is 0.880 bits per heavy atom. The van der Waals surface area contributed by atoms with Crippen LogP contribution in [0.3, 0.4) is 0 Å². The minimum atomic E-state index is -3.60. The van der Waals surface area contributed by atoms with Crippen LogP contribution >= 0.6 is 0 Å². The summed E-state index contributed by atoms with van der Waals surface area (Å²) in [6, 6.07) is 17.8. The fourth-order valence-corrected chi connectivity index (χ4v) is 3.35. The van der Waals surface area contributed by atoms with Crippen molar-refractivity contribution in [3.63, 3.8) is 0 Å². The number of hydrogen-bond acceptors (Lipinski definition) is 3. The molecule has 0 aliphatic heterocycles. The molecule has 3 rings (SSSR count). The summed E-state index contributed by atoms with van der Waals surface area (Å²) < 4.78 is 27.6. The van der Waals surface area contributed by atoms with Crippen LogP contribution in [0.5, 0.6) is 0 Å². The third kappa shape index (κ3) is 4.55. The monoisotopic (exact) mass is 350 g/mol. The van der Waals surface area contributed by atoms with Crippen LogP contribution in [0.1, 0.15) is 16.7 Å². The molecule has 0 aliphatic carbocycles. The summed E-state index contributed by atoms with van der Waals surface area (Å²) in [5.41, 5.74) is 3.47. The Morgan fingerprint density at radius 2 is 1.56 bits per heavy atom. The van der Waals surface area contributed by atoms with E-state index in [0.717, 1.165) is 16.7 Å². The van der Waals surface area contributed by atoms with Crippen molar-refractivity contribution in [2.24, 2.45) is 0 Å². The maximum Gasteiger partial charge on any atom is 0.261 e. The van der Waals surface area contributed by atoms with Gasteiger partial charge in [0.05, 0.1) is 4.90 Å². The summed E-state index contributed by atoms with van der Waals surface area (Å²) in [7, 11) is -3.60. The molecule has 2 aromatic carbocycles. The fourth-order valence-electron chi connectivity index (χ4n) is 2.30. The molecular formula is C20H18N2O2S. The summed E-state index contributed by atoms with van der Waals surface area (Å²) >= 11 is 0. The molecule has 0 fully saturated rings. The number of benzene rings is 2. The number of nitrogens with zero attached hydrogens (tertiary/aromatic N) is 1. The third-order valence-corrected chi connectivity index (χ3v) is 5.04. The van der Waals surface area contributed by atoms with Gasteiger partial charge >= 0.3 is 0 Å². The first kappa shape index (κ1) is 16.9. The van der Waals surface area contributed by atoms with Crippen molar-refractivity contribution < 1.29 is 8.42 Å². The number of hydrogen-bond donors (Lipinski definition) is 1. The second kappa shape index (κ2) is 7.32. The molecule has 1 heterocycles. The molecule has 0 unspecified atom stereocenters. The van der Waals surface area contributed by atoms with E-state index in [4.69, 9.17) is 0 Å². The van der Waals surface area contributed by atoms with Crippen molar-refractivity contribution in [2.75, 3.05) is 4.72 Å². The molecule has 0 bridgehead atoms. The first-order chi connectivity index (χ1) is 12.0. The zero-order valence-electron chi connectivity index (χ0n) is 13.8. The smallest absolute Gasteiger partial charge is 0.261 e. The first-order valence-electron chi connectivity index (χ1n) is 7.81. The number of aromatic nitrogens is 1. The molecule has 0 atom stereocenters. The Morgan fingerprint density at radius 3 is 2.28 bits per heavy atom. The lowest BCUT2D eigenvalue weighted by Crippen LogP contribution is -2.12. The first-order valence-corrected chi connectivity index (χ1v) is 9.29. The molecule has 0 saturated heterocycles. The summed E-state index contributed by atoms with van der Waals surface area (Å²) in [5, 5.41) is 0. The lowest BCUT2D eigenvalue weighted by atomic mass is 10.1. The van der Waals surface area contributed by atoms with E-state index in [1.807, 2.05) is 43.3 Å². The van der Waals surface area contributed by atoms with Gasteiger partial charge < -0.3 is 0 Å². The van der Waals surface area contributed by atoms with Gasteiger partial charge in [-0.2, -0.15) is 0 Å². The molecule has 0 aliphatic rings. The molecule has 126 valence electrons. The number of pyridine rings is 1. The van der Waals surface area contributed by atoms with Crippen molar-refractivity contribution >= 4 is 27.9 Å². The van der Waals surface area contributed by atoms with E-state index in [-0.39, 0.29) is 4.90 Å². The predicted octanol–water partition coefficient (Wildman–Crippen LogP) is 4.36. The van der Waals surface area contributed by atoms with E-state index in [2.05, 4.69) is 9.71 Å². The zero-order valence-corrected chi connectivity index (χ0v) is 14.6. The molecule has 0 saturated carbocycles. The van der Waals surface area contributed by atoms with E-state index in [1.54, 1.807) is 48.8 Å². The molecule has 0 radical (unpaired) electrons. The number of aryl methyl sites for hydroxylation is 1. The minimum Gasteiger partial charge on any atom is -0.280 e. The van der Waals surface area contributed by atoms with Crippen molar-refractivity contribution in [2.45, 2.75) is 11.8 Å². The van der Waals surface area contributed by atoms with Gasteiger partial charge in [0.1, 0.15) is 0 Å². The van der Waals surface area contributed by atoms with Crippen LogP contribution < -0.4 is 4.72 Å². The van der Waals surface area contributed by atoms with Crippen LogP contribution in [-0.2, 0) is 10.0 Å². The number of nitrogens with one attached hydrogen (secondary N) is 1. The van der Waals surface area contributed by atoms with E-state index in [1.165, 1.54) is 0 Å². The van der Waals surface area contributed by atoms with Crippen LogP contribution in [0.25, 0.3) is 12.2 Å². The highest BCUT2D eigenvalue weighted by atomic mass is 32.2. The molecule has 0 amide bonds. The third-order valence-electron chi connectivity index (χ3n) is 3.64. The maximum atomic E-state index is 12.5. The van der Waals surface area contributed by atoms with Crippen LogP contribution in [0.15, 0.2) is 78.0 Å². The van der Waals surface area contributed by atoms with Gasteiger partial charge in [-0.3, -0.25) is 9.71 Å². The van der Waals surface area contributed by atoms with Gasteiger partial charge in [-0.1, -0.05) is 42.0 Å². The molecule has 5 heteroatoms. The van der Waals surface area contributed by atoms with E-state index in [0.29, 0.717) is 5.69 Å². The lowest BCUT2D eigenvalue weighted by molar-refractivity contribution is 0.601. The molecule has 25 heavy (non-hydrogen) atoms. The minimum absolute atomic E-state index is 0.246. The van der Waals surface area contributed by atoms with Gasteiger partial charge in [0.2, 0.25) is 0 Å². The van der Waals surface area contributed by atoms with Gasteiger partial charge in [-0.25, -0.2) is 8.42 Å². The molecule has 4 nitrogen and oxygen atoms in total. The molecule has 0 spiro atoms. The standard InChI is InChI=1S/C20H18N2O2S/c1-16-5-9-20(10-6-16)25(23,24)22-19-4-2-3-18(15-19)8-7-17-11-13-21-14-12-17/h2-15,22H,1H3. The average molecular weight is 350 g/mol. The Balaban J connectivity index is 1.79. The second-order valence-corrected chi connectivity index (χ2v) is 7.34. The molecule has 1 aromatic heterocycles. The summed E-state index contributed by atoms with van der Waals surface area (Å²) in [5.74, 6) is 0. The number of anilines is 1. The normalized spacial score (nSPS) is 11.6. The number of rotatable bonds is 5. The van der Waals surface area contributed by atoms with E-state index >= 15 is 0 Å². The van der Waals surface area contributed by atoms with E-state index in [9.17, 15) is 8.42 Å². The topological polar surface area (TPSA) is 59.1 Å². The fraction of sp³-hybridized carbons (Fsp3) is 0.0500. The SMILES string of the molecule is Cc1ccc(S(=O)(=O)Nc2cccc(C=Cc3ccncc3)c2)cc1. The predicted molar refractivity (Wildman–Crippen MR) is 102 cm³/mol. The van der Waals surface area contributed by atoms with Crippen molar-refractivity contribution in [1.82, 2.24) is 4.98 Å². The summed E-state index contributed by atoms with van der Waals surface area (Å²) in [6.45, 7) is 1.92. The quantitative estimate of drug-likeness (QED) is 0.744. The Labute approximate surface area is 147 Å². The highest BCUT2D eigenvalue weighted by Gasteiger charge is 2.13. The van der Waals surface area contributed by atoms with E-state index < -0.39 is 10.0 Å². The summed E-state index contributed by atoms with van der Waals surface area (Å²) in [6.07, 6.45) is 7.34. The van der Waals surface area contributed by atoms with Crippen LogP contribution in [0.2, 0.25) is 0 Å². The van der Waals surface area contributed by atoms with Crippen LogP contribution in [-0.4, -0.2) is 13.4 Å². The van der Waals surface area contributed by atoms with Gasteiger partial charge in [-0.15, -0.1) is 0 Å². The van der Waals surface area contributed by atoms with Crippen molar-refractivity contribution in [1.29, 1.82) is 0 Å². The second-order valence-electron chi connectivity index (χ2n) is 5.66. The van der Waals surface area contributed by atoms with Crippen LogP contribution in [0, 0.1) is 6.92 Å². The van der Waals surface area contributed by atoms with Crippen molar-refractivity contribution in [3.8, 4) is 0 Å². The lowest BCUT2D eigenvalue weighted by Gasteiger charge is -2.09. The van der Waals surface area contributed by atoms with Gasteiger partial charge in [0, 0.05) is 18.1 Å². The highest BCUT2D eigenvalue weighted by molar-refractivity contribution is 7.92. The van der Waals surface area contributed by atoms with Crippen molar-refractivity contribution in [3.05, 3.63) is 89.7 Å². The Bertz CT molecular complexity index is 980. The average Bonchev–Trinajstić information content (AvgIpc) is 2.61. The molecular weight excluding hydrogens is 332 g/mol. The zero-order chi connectivity index (χ0) is 17.7. The Hall–Kier alpha value is -2.92. The van der Waals surface area contributed by atoms with Gasteiger partial charge in [0.25, 0.3) is 10.0 Å².